The summed E-state index contributed by atoms with van der Waals surface area (Å²) < 4.78 is 5.22. The fourth-order valence-corrected chi connectivity index (χ4v) is 6.44. The highest BCUT2D eigenvalue weighted by Gasteiger charge is 2.32. The molecule has 2 aliphatic carbocycles. The average Bonchev–Trinajstić information content (AvgIpc) is 3.89. The molecule has 0 amide bonds. The topological polar surface area (TPSA) is 41.9 Å². The zero-order chi connectivity index (χ0) is 30.6. The summed E-state index contributed by atoms with van der Waals surface area (Å²) in [4.78, 5) is 19.7. The quantitative estimate of drug-likeness (QED) is 0.160. The second kappa shape index (κ2) is 16.5. The maximum absolute atomic E-state index is 12.6. The zero-order valence-corrected chi connectivity index (χ0v) is 26.9. The number of fused-ring (bicyclic) bond motifs is 1. The summed E-state index contributed by atoms with van der Waals surface area (Å²) in [6.07, 6.45) is 32.7. The Morgan fingerprint density at radius 1 is 1.09 bits per heavy atom. The van der Waals surface area contributed by atoms with Gasteiger partial charge in [-0.05, 0) is 111 Å². The van der Waals surface area contributed by atoms with Crippen LogP contribution in [0.5, 0.6) is 0 Å². The smallest absolute Gasteiger partial charge is 0.161 e. The number of ether oxygens (including phenoxy) is 1. The van der Waals surface area contributed by atoms with E-state index in [1.807, 2.05) is 12.4 Å². The van der Waals surface area contributed by atoms with Crippen molar-refractivity contribution >= 4 is 23.6 Å². The van der Waals surface area contributed by atoms with Crippen molar-refractivity contribution in [1.82, 2.24) is 4.90 Å². The van der Waals surface area contributed by atoms with Gasteiger partial charge in [0.05, 0.1) is 0 Å². The van der Waals surface area contributed by atoms with Crippen LogP contribution in [-0.4, -0.2) is 43.7 Å². The number of ketones is 1. The van der Waals surface area contributed by atoms with Gasteiger partial charge in [0, 0.05) is 56.4 Å². The van der Waals surface area contributed by atoms with Crippen LogP contribution in [-0.2, 0) is 9.53 Å². The van der Waals surface area contributed by atoms with Gasteiger partial charge in [-0.2, -0.15) is 0 Å². The first-order valence-electron chi connectivity index (χ1n) is 16.9. The number of hydrogen-bond donors (Lipinski definition) is 0. The number of allylic oxidation sites excluding steroid dienone is 9. The number of rotatable bonds is 14. The van der Waals surface area contributed by atoms with Crippen LogP contribution in [0, 0.1) is 5.92 Å². The average molecular weight is 591 g/mol. The van der Waals surface area contributed by atoms with E-state index in [4.69, 9.17) is 4.74 Å². The number of methoxy groups -OCH3 is 1. The molecule has 4 aliphatic rings. The summed E-state index contributed by atoms with van der Waals surface area (Å²) in [7, 11) is 1.78. The minimum absolute atomic E-state index is 0.315. The van der Waals surface area contributed by atoms with Crippen molar-refractivity contribution in [3.63, 3.8) is 0 Å². The molecule has 5 rings (SSSR count). The van der Waals surface area contributed by atoms with E-state index in [-0.39, 0.29) is 0 Å². The SMILES string of the molecule is CCC/C(=C\CC/C=C/c1ccc(C2=CCC3=CN=CC=C(N4CC/C=C(\C(=O)C5CC5)CCC4)C3=C2)cc1)CCCOC. The molecule has 1 aromatic rings. The van der Waals surface area contributed by atoms with E-state index in [1.165, 1.54) is 46.4 Å². The van der Waals surface area contributed by atoms with Crippen molar-refractivity contribution in [3.8, 4) is 0 Å². The molecule has 0 N–H and O–H groups in total. The molecule has 1 aromatic carbocycles. The summed E-state index contributed by atoms with van der Waals surface area (Å²) in [6, 6.07) is 8.97. The molecule has 0 saturated heterocycles. The highest BCUT2D eigenvalue weighted by molar-refractivity contribution is 5.98. The Balaban J connectivity index is 1.20. The Bertz CT molecular complexity index is 1390. The zero-order valence-electron chi connectivity index (χ0n) is 26.9. The van der Waals surface area contributed by atoms with Crippen molar-refractivity contribution in [2.24, 2.45) is 10.9 Å². The van der Waals surface area contributed by atoms with Gasteiger partial charge < -0.3 is 9.64 Å². The van der Waals surface area contributed by atoms with E-state index in [1.54, 1.807) is 12.7 Å². The molecule has 2 aliphatic heterocycles. The van der Waals surface area contributed by atoms with Gasteiger partial charge in [0.1, 0.15) is 0 Å². The van der Waals surface area contributed by atoms with E-state index in [0.717, 1.165) is 89.5 Å². The molecule has 1 fully saturated rings. The van der Waals surface area contributed by atoms with Crippen LogP contribution >= 0.6 is 0 Å². The normalized spacial score (nSPS) is 20.5. The van der Waals surface area contributed by atoms with Gasteiger partial charge in [-0.1, -0.05) is 73.6 Å². The second-order valence-corrected chi connectivity index (χ2v) is 12.5. The number of aliphatic imine (C=N–C) groups is 1. The lowest BCUT2D eigenvalue weighted by Crippen LogP contribution is -2.28. The standard InChI is InChI=1S/C40H50N2O2/c1-3-10-31(13-9-28-44-2)11-5-4-6-12-32-16-18-33(19-17-32)36-22-23-37-30-41-25-24-39(38(37)29-36)42-26-7-14-34(15-8-27-42)40(43)35-20-21-35/h6,11-12,14,16-19,22,24-25,29-30,35H,3-5,7-10,13,15,20-21,23,26-28H2,1-2H3/b12-6+,31-11+,34-14-. The number of Topliss-reactive ketones (excluding diaryl/α,β-unsaturated/α-hetero) is 1. The van der Waals surface area contributed by atoms with Crippen molar-refractivity contribution in [1.29, 1.82) is 0 Å². The number of benzene rings is 1. The number of carbonyl (C=O) groups is 1. The summed E-state index contributed by atoms with van der Waals surface area (Å²) >= 11 is 0. The summed E-state index contributed by atoms with van der Waals surface area (Å²) in [5.74, 6) is 0.731. The molecule has 0 bridgehead atoms. The molecule has 44 heavy (non-hydrogen) atoms. The van der Waals surface area contributed by atoms with Gasteiger partial charge in [0.25, 0.3) is 0 Å². The third-order valence-corrected chi connectivity index (χ3v) is 9.02. The number of unbranched alkanes of at least 4 members (excludes halogenated alkanes) is 1. The van der Waals surface area contributed by atoms with Crippen LogP contribution < -0.4 is 0 Å². The maximum atomic E-state index is 12.6. The molecule has 0 atom stereocenters. The summed E-state index contributed by atoms with van der Waals surface area (Å²) in [5.41, 5.74) is 10.2. The predicted molar refractivity (Wildman–Crippen MR) is 185 cm³/mol. The first kappa shape index (κ1) is 31.9. The van der Waals surface area contributed by atoms with Crippen molar-refractivity contribution in [3.05, 3.63) is 106 Å². The van der Waals surface area contributed by atoms with Crippen LogP contribution in [0.25, 0.3) is 11.6 Å². The third kappa shape index (κ3) is 9.01. The van der Waals surface area contributed by atoms with E-state index in [9.17, 15) is 4.79 Å². The minimum atomic E-state index is 0.315. The largest absolute Gasteiger partial charge is 0.385 e. The van der Waals surface area contributed by atoms with Crippen LogP contribution in [0.4, 0.5) is 0 Å². The lowest BCUT2D eigenvalue weighted by Gasteiger charge is -2.31. The van der Waals surface area contributed by atoms with Crippen molar-refractivity contribution in [2.45, 2.75) is 84.0 Å². The minimum Gasteiger partial charge on any atom is -0.385 e. The number of carbonyl (C=O) groups excluding carboxylic acids is 1. The van der Waals surface area contributed by atoms with E-state index < -0.39 is 0 Å². The highest BCUT2D eigenvalue weighted by atomic mass is 16.5. The second-order valence-electron chi connectivity index (χ2n) is 12.5. The van der Waals surface area contributed by atoms with Gasteiger partial charge in [0.15, 0.2) is 5.78 Å². The Morgan fingerprint density at radius 2 is 1.95 bits per heavy atom. The molecular formula is C40H50N2O2. The Labute approximate surface area is 265 Å². The summed E-state index contributed by atoms with van der Waals surface area (Å²) in [6.45, 7) is 4.99. The van der Waals surface area contributed by atoms with E-state index >= 15 is 0 Å². The molecule has 0 unspecified atom stereocenters. The van der Waals surface area contributed by atoms with E-state index in [0.29, 0.717) is 11.7 Å². The summed E-state index contributed by atoms with van der Waals surface area (Å²) in [5, 5.41) is 0. The molecule has 1 saturated carbocycles. The Hall–Kier alpha value is -3.50. The molecule has 0 spiro atoms. The third-order valence-electron chi connectivity index (χ3n) is 9.02. The van der Waals surface area contributed by atoms with Crippen LogP contribution in [0.1, 0.15) is 95.1 Å². The monoisotopic (exact) mass is 590 g/mol. The first-order chi connectivity index (χ1) is 21.7. The maximum Gasteiger partial charge on any atom is 0.161 e. The van der Waals surface area contributed by atoms with Gasteiger partial charge in [-0.15, -0.1) is 0 Å². The molecule has 0 radical (unpaired) electrons. The number of hydrogen-bond acceptors (Lipinski definition) is 4. The lowest BCUT2D eigenvalue weighted by atomic mass is 9.88. The van der Waals surface area contributed by atoms with Crippen LogP contribution in [0.3, 0.4) is 0 Å². The molecule has 232 valence electrons. The van der Waals surface area contributed by atoms with Gasteiger partial charge in [-0.3, -0.25) is 9.79 Å². The Morgan fingerprint density at radius 3 is 2.75 bits per heavy atom. The fraction of sp³-hybridized carbons (Fsp3) is 0.450. The fourth-order valence-electron chi connectivity index (χ4n) is 6.44. The van der Waals surface area contributed by atoms with Gasteiger partial charge >= 0.3 is 0 Å². The molecular weight excluding hydrogens is 540 g/mol. The highest BCUT2D eigenvalue weighted by Crippen LogP contribution is 2.37. The van der Waals surface area contributed by atoms with Crippen molar-refractivity contribution < 1.29 is 9.53 Å². The molecule has 4 heteroatoms. The Kier molecular flexibility index (Phi) is 12.0. The van der Waals surface area contributed by atoms with Gasteiger partial charge in [0.2, 0.25) is 0 Å². The van der Waals surface area contributed by atoms with Crippen LogP contribution in [0.2, 0.25) is 0 Å². The predicted octanol–water partition coefficient (Wildman–Crippen LogP) is 9.59. The molecule has 0 aromatic heterocycles. The lowest BCUT2D eigenvalue weighted by molar-refractivity contribution is -0.116. The molecule has 4 nitrogen and oxygen atoms in total. The van der Waals surface area contributed by atoms with Crippen molar-refractivity contribution in [2.75, 3.05) is 26.8 Å². The van der Waals surface area contributed by atoms with E-state index in [2.05, 4.69) is 83.6 Å². The number of nitrogens with zero attached hydrogens (tertiary/aromatic N) is 2. The van der Waals surface area contributed by atoms with Gasteiger partial charge in [-0.25, -0.2) is 0 Å². The van der Waals surface area contributed by atoms with Crippen LogP contribution in [0.15, 0.2) is 99.9 Å². The first-order valence-corrected chi connectivity index (χ1v) is 16.9. The molecule has 2 heterocycles.